The summed E-state index contributed by atoms with van der Waals surface area (Å²) >= 11 is 3.33. The first-order chi connectivity index (χ1) is 9.90. The van der Waals surface area contributed by atoms with Crippen molar-refractivity contribution in [2.45, 2.75) is 11.6 Å². The Kier molecular flexibility index (Phi) is 4.71. The first-order valence-corrected chi connectivity index (χ1v) is 8.10. The van der Waals surface area contributed by atoms with Gasteiger partial charge in [0, 0.05) is 17.2 Å². The van der Waals surface area contributed by atoms with Crippen LogP contribution in [-0.4, -0.2) is 24.5 Å². The van der Waals surface area contributed by atoms with E-state index in [1.165, 1.54) is 6.07 Å². The molecule has 0 aliphatic heterocycles. The maximum absolute atomic E-state index is 12.1. The van der Waals surface area contributed by atoms with E-state index in [4.69, 9.17) is 5.11 Å². The second-order valence-electron chi connectivity index (χ2n) is 4.11. The van der Waals surface area contributed by atoms with Gasteiger partial charge in [-0.3, -0.25) is 0 Å². The van der Waals surface area contributed by atoms with E-state index in [0.717, 1.165) is 22.3 Å². The molecule has 1 heterocycles. The van der Waals surface area contributed by atoms with Crippen LogP contribution in [0.1, 0.15) is 15.9 Å². The number of carboxylic acids is 1. The predicted octanol–water partition coefficient (Wildman–Crippen LogP) is 2.02. The highest BCUT2D eigenvalue weighted by Gasteiger charge is 2.16. The van der Waals surface area contributed by atoms with Gasteiger partial charge >= 0.3 is 5.97 Å². The van der Waals surface area contributed by atoms with Crippen LogP contribution in [0, 0.1) is 0 Å². The first kappa shape index (κ1) is 15.6. The Labute approximate surface area is 130 Å². The zero-order chi connectivity index (χ0) is 15.5. The van der Waals surface area contributed by atoms with E-state index < -0.39 is 16.0 Å². The maximum Gasteiger partial charge on any atom is 0.337 e. The second kappa shape index (κ2) is 6.33. The summed E-state index contributed by atoms with van der Waals surface area (Å²) in [6, 6.07) is 9.58. The molecule has 1 aromatic carbocycles. The summed E-state index contributed by atoms with van der Waals surface area (Å²) in [5, 5.41) is 8.53. The van der Waals surface area contributed by atoms with Crippen molar-refractivity contribution in [3.05, 3.63) is 58.2 Å². The minimum atomic E-state index is -3.79. The summed E-state index contributed by atoms with van der Waals surface area (Å²) in [5.41, 5.74) is 0.711. The Morgan fingerprint density at radius 3 is 2.52 bits per heavy atom. The van der Waals surface area contributed by atoms with Crippen LogP contribution >= 0.6 is 15.9 Å². The third-order valence-electron chi connectivity index (χ3n) is 2.67. The molecule has 0 amide bonds. The zero-order valence-electron chi connectivity index (χ0n) is 10.7. The van der Waals surface area contributed by atoms with Crippen molar-refractivity contribution in [2.24, 2.45) is 0 Å². The number of nitrogens with one attached hydrogen (secondary N) is 1. The molecular weight excluding hydrogens is 360 g/mol. The molecule has 0 saturated carbocycles. The fourth-order valence-corrected chi connectivity index (χ4v) is 2.91. The summed E-state index contributed by atoms with van der Waals surface area (Å²) < 4.78 is 27.3. The Morgan fingerprint density at radius 2 is 1.95 bits per heavy atom. The van der Waals surface area contributed by atoms with Crippen LogP contribution in [0.5, 0.6) is 0 Å². The molecule has 2 aromatic rings. The van der Waals surface area contributed by atoms with Gasteiger partial charge in [-0.25, -0.2) is 22.9 Å². The topological polar surface area (TPSA) is 96.4 Å². The van der Waals surface area contributed by atoms with E-state index in [2.05, 4.69) is 25.6 Å². The largest absolute Gasteiger partial charge is 0.478 e. The summed E-state index contributed by atoms with van der Waals surface area (Å²) in [4.78, 5) is 14.4. The van der Waals surface area contributed by atoms with Gasteiger partial charge in [-0.2, -0.15) is 0 Å². The van der Waals surface area contributed by atoms with Crippen LogP contribution in [-0.2, 0) is 16.6 Å². The summed E-state index contributed by atoms with van der Waals surface area (Å²) in [6.07, 6.45) is 1.01. The molecule has 0 saturated heterocycles. The normalized spacial score (nSPS) is 11.3. The maximum atomic E-state index is 12.1. The molecule has 0 aliphatic carbocycles. The van der Waals surface area contributed by atoms with Crippen LogP contribution in [0.2, 0.25) is 0 Å². The van der Waals surface area contributed by atoms with Crippen LogP contribution in [0.4, 0.5) is 0 Å². The number of aromatic carboxylic acids is 1. The summed E-state index contributed by atoms with van der Waals surface area (Å²) in [6.45, 7) is 0.103. The molecule has 0 fully saturated rings. The van der Waals surface area contributed by atoms with Gasteiger partial charge in [0.05, 0.1) is 5.56 Å². The van der Waals surface area contributed by atoms with E-state index in [9.17, 15) is 13.2 Å². The number of hydrogen-bond donors (Lipinski definition) is 2. The number of aromatic nitrogens is 1. The number of pyridine rings is 1. The summed E-state index contributed by atoms with van der Waals surface area (Å²) in [5.74, 6) is -1.16. The zero-order valence-corrected chi connectivity index (χ0v) is 13.1. The lowest BCUT2D eigenvalue weighted by Crippen LogP contribution is -2.24. The quantitative estimate of drug-likeness (QED) is 0.838. The van der Waals surface area contributed by atoms with Gasteiger partial charge in [-0.1, -0.05) is 34.1 Å². The number of rotatable bonds is 5. The molecule has 0 atom stereocenters. The lowest BCUT2D eigenvalue weighted by molar-refractivity contribution is 0.0696. The fourth-order valence-electron chi connectivity index (χ4n) is 1.55. The van der Waals surface area contributed by atoms with Gasteiger partial charge in [0.1, 0.15) is 0 Å². The van der Waals surface area contributed by atoms with E-state index in [1.807, 2.05) is 12.1 Å². The minimum absolute atomic E-state index is 0.0697. The Hall–Kier alpha value is -1.77. The molecule has 0 aliphatic rings. The Balaban J connectivity index is 2.15. The minimum Gasteiger partial charge on any atom is -0.478 e. The number of hydrogen-bond acceptors (Lipinski definition) is 4. The highest BCUT2D eigenvalue weighted by molar-refractivity contribution is 9.10. The Morgan fingerprint density at radius 1 is 1.24 bits per heavy atom. The van der Waals surface area contributed by atoms with Gasteiger partial charge in [-0.05, 0) is 23.8 Å². The third kappa shape index (κ3) is 3.87. The van der Waals surface area contributed by atoms with E-state index in [0.29, 0.717) is 0 Å². The first-order valence-electron chi connectivity index (χ1n) is 5.82. The van der Waals surface area contributed by atoms with Crippen molar-refractivity contribution < 1.29 is 18.3 Å². The van der Waals surface area contributed by atoms with Gasteiger partial charge < -0.3 is 5.11 Å². The lowest BCUT2D eigenvalue weighted by Gasteiger charge is -2.07. The number of benzene rings is 1. The second-order valence-corrected chi connectivity index (χ2v) is 6.67. The summed E-state index contributed by atoms with van der Waals surface area (Å²) in [7, 11) is -3.79. The van der Waals surface area contributed by atoms with Crippen LogP contribution < -0.4 is 4.72 Å². The van der Waals surface area contributed by atoms with Gasteiger partial charge in [0.2, 0.25) is 0 Å². The highest BCUT2D eigenvalue weighted by atomic mass is 79.9. The molecule has 8 heteroatoms. The average Bonchev–Trinajstić information content (AvgIpc) is 2.46. The molecule has 0 bridgehead atoms. The molecule has 1 aromatic heterocycles. The Bertz CT molecular complexity index is 760. The van der Waals surface area contributed by atoms with Gasteiger partial charge in [0.15, 0.2) is 5.03 Å². The monoisotopic (exact) mass is 370 g/mol. The van der Waals surface area contributed by atoms with Crippen molar-refractivity contribution in [3.8, 4) is 0 Å². The standard InChI is InChI=1S/C13H11BrN2O4S/c14-11-4-2-1-3-9(11)8-16-21(19,20)12-6-5-10(7-15-12)13(17)18/h1-7,16H,8H2,(H,17,18). The number of nitrogens with zero attached hydrogens (tertiary/aromatic N) is 1. The third-order valence-corrected chi connectivity index (χ3v) is 4.76. The molecule has 0 unspecified atom stereocenters. The fraction of sp³-hybridized carbons (Fsp3) is 0.0769. The molecule has 2 rings (SSSR count). The van der Waals surface area contributed by atoms with Crippen LogP contribution in [0.25, 0.3) is 0 Å². The number of halogens is 1. The number of carboxylic acid groups (broad SMARTS) is 1. The van der Waals surface area contributed by atoms with Gasteiger partial charge in [0.25, 0.3) is 10.0 Å². The number of sulfonamides is 1. The van der Waals surface area contributed by atoms with E-state index in [1.54, 1.807) is 12.1 Å². The van der Waals surface area contributed by atoms with Crippen LogP contribution in [0.15, 0.2) is 52.1 Å². The van der Waals surface area contributed by atoms with Crippen molar-refractivity contribution in [1.29, 1.82) is 0 Å². The smallest absolute Gasteiger partial charge is 0.337 e. The van der Waals surface area contributed by atoms with E-state index >= 15 is 0 Å². The SMILES string of the molecule is O=C(O)c1ccc(S(=O)(=O)NCc2ccccc2Br)nc1. The van der Waals surface area contributed by atoms with Crippen molar-refractivity contribution in [2.75, 3.05) is 0 Å². The number of carbonyl (C=O) groups is 1. The molecule has 0 radical (unpaired) electrons. The van der Waals surface area contributed by atoms with Crippen LogP contribution in [0.3, 0.4) is 0 Å². The predicted molar refractivity (Wildman–Crippen MR) is 79.4 cm³/mol. The highest BCUT2D eigenvalue weighted by Crippen LogP contribution is 2.16. The lowest BCUT2D eigenvalue weighted by atomic mass is 10.2. The van der Waals surface area contributed by atoms with Gasteiger partial charge in [-0.15, -0.1) is 0 Å². The van der Waals surface area contributed by atoms with E-state index in [-0.39, 0.29) is 17.1 Å². The van der Waals surface area contributed by atoms with Crippen molar-refractivity contribution >= 4 is 31.9 Å². The average molecular weight is 371 g/mol. The molecule has 110 valence electrons. The molecule has 21 heavy (non-hydrogen) atoms. The molecular formula is C13H11BrN2O4S. The molecule has 2 N–H and O–H groups in total. The van der Waals surface area contributed by atoms with Crippen molar-refractivity contribution in [3.63, 3.8) is 0 Å². The van der Waals surface area contributed by atoms with Crippen molar-refractivity contribution in [1.82, 2.24) is 9.71 Å². The molecule has 6 nitrogen and oxygen atoms in total. The molecule has 0 spiro atoms.